The number of carbonyl (C=O) groups excluding carboxylic acids is 1. The van der Waals surface area contributed by atoms with Crippen LogP contribution >= 0.6 is 0 Å². The van der Waals surface area contributed by atoms with Crippen molar-refractivity contribution in [1.29, 1.82) is 0 Å². The van der Waals surface area contributed by atoms with Gasteiger partial charge in [-0.1, -0.05) is 42.8 Å². The quantitative estimate of drug-likeness (QED) is 0.909. The minimum atomic E-state index is -0.417. The predicted octanol–water partition coefficient (Wildman–Crippen LogP) is 3.63. The van der Waals surface area contributed by atoms with Crippen LogP contribution in [0.2, 0.25) is 0 Å². The number of aryl methyl sites for hydroxylation is 1. The Morgan fingerprint density at radius 3 is 2.55 bits per heavy atom. The van der Waals surface area contributed by atoms with Crippen molar-refractivity contribution in [1.82, 2.24) is 0 Å². The van der Waals surface area contributed by atoms with Gasteiger partial charge in [0.15, 0.2) is 0 Å². The molecule has 0 saturated heterocycles. The lowest BCUT2D eigenvalue weighted by Crippen LogP contribution is -2.13. The van der Waals surface area contributed by atoms with Gasteiger partial charge in [0.2, 0.25) is 5.91 Å². The first-order chi connectivity index (χ1) is 10.5. The normalized spacial score (nSPS) is 18.0. The van der Waals surface area contributed by atoms with Crippen LogP contribution in [0.4, 0.5) is 10.1 Å². The Labute approximate surface area is 129 Å². The van der Waals surface area contributed by atoms with Crippen LogP contribution in [0.1, 0.15) is 47.6 Å². The molecule has 1 aliphatic rings. The number of anilines is 1. The average Bonchev–Trinajstić information content (AvgIpc) is 2.83. The molecule has 114 valence electrons. The molecule has 3 rings (SSSR count). The smallest absolute Gasteiger partial charge is 0.232 e. The van der Waals surface area contributed by atoms with E-state index in [1.807, 2.05) is 44.2 Å². The summed E-state index contributed by atoms with van der Waals surface area (Å²) in [5.74, 6) is -0.855. The van der Waals surface area contributed by atoms with Gasteiger partial charge in [-0.15, -0.1) is 0 Å². The topological polar surface area (TPSA) is 55.1 Å². The zero-order valence-electron chi connectivity index (χ0n) is 12.7. The van der Waals surface area contributed by atoms with Crippen LogP contribution in [-0.2, 0) is 4.79 Å². The molecule has 22 heavy (non-hydrogen) atoms. The van der Waals surface area contributed by atoms with Gasteiger partial charge in [-0.05, 0) is 36.1 Å². The van der Waals surface area contributed by atoms with Crippen molar-refractivity contribution in [2.24, 2.45) is 5.73 Å². The number of fused-ring (bicyclic) bond motifs is 1. The van der Waals surface area contributed by atoms with Crippen molar-refractivity contribution >= 4 is 11.6 Å². The summed E-state index contributed by atoms with van der Waals surface area (Å²) in [6.07, 6.45) is 0.640. The van der Waals surface area contributed by atoms with E-state index in [4.69, 9.17) is 5.73 Å². The first-order valence-electron chi connectivity index (χ1n) is 7.47. The SMILES string of the molecule is CCC1C(=O)Nc2c(F)cc(C(N)c3ccc(C)cc3)cc21. The van der Waals surface area contributed by atoms with E-state index < -0.39 is 11.9 Å². The molecule has 2 atom stereocenters. The summed E-state index contributed by atoms with van der Waals surface area (Å²) in [7, 11) is 0. The molecule has 0 spiro atoms. The van der Waals surface area contributed by atoms with Gasteiger partial charge in [0.25, 0.3) is 0 Å². The summed E-state index contributed by atoms with van der Waals surface area (Å²) in [6.45, 7) is 3.93. The third-order valence-electron chi connectivity index (χ3n) is 4.29. The maximum absolute atomic E-state index is 14.3. The van der Waals surface area contributed by atoms with Crippen LogP contribution in [0.25, 0.3) is 0 Å². The number of benzene rings is 2. The van der Waals surface area contributed by atoms with E-state index in [-0.39, 0.29) is 11.8 Å². The summed E-state index contributed by atoms with van der Waals surface area (Å²) in [5.41, 5.74) is 10.1. The van der Waals surface area contributed by atoms with Gasteiger partial charge in [0.05, 0.1) is 17.6 Å². The van der Waals surface area contributed by atoms with Crippen molar-refractivity contribution < 1.29 is 9.18 Å². The maximum atomic E-state index is 14.3. The van der Waals surface area contributed by atoms with Gasteiger partial charge in [0, 0.05) is 0 Å². The van der Waals surface area contributed by atoms with Crippen LogP contribution < -0.4 is 11.1 Å². The Balaban J connectivity index is 2.02. The van der Waals surface area contributed by atoms with E-state index in [1.165, 1.54) is 6.07 Å². The van der Waals surface area contributed by atoms with E-state index in [0.29, 0.717) is 23.2 Å². The average molecular weight is 298 g/mol. The molecule has 0 bridgehead atoms. The highest BCUT2D eigenvalue weighted by Crippen LogP contribution is 2.38. The number of hydrogen-bond donors (Lipinski definition) is 2. The summed E-state index contributed by atoms with van der Waals surface area (Å²) in [6, 6.07) is 10.7. The predicted molar refractivity (Wildman–Crippen MR) is 85.3 cm³/mol. The highest BCUT2D eigenvalue weighted by Gasteiger charge is 2.32. The van der Waals surface area contributed by atoms with Gasteiger partial charge in [-0.25, -0.2) is 4.39 Å². The summed E-state index contributed by atoms with van der Waals surface area (Å²) in [4.78, 5) is 11.9. The van der Waals surface area contributed by atoms with Crippen LogP contribution in [0, 0.1) is 12.7 Å². The van der Waals surface area contributed by atoms with E-state index in [9.17, 15) is 9.18 Å². The number of nitrogens with two attached hydrogens (primary N) is 1. The summed E-state index contributed by atoms with van der Waals surface area (Å²) in [5, 5.41) is 2.63. The van der Waals surface area contributed by atoms with Gasteiger partial charge < -0.3 is 11.1 Å². The molecule has 1 amide bonds. The van der Waals surface area contributed by atoms with E-state index in [0.717, 1.165) is 11.1 Å². The largest absolute Gasteiger partial charge is 0.323 e. The number of halogens is 1. The zero-order chi connectivity index (χ0) is 15.9. The van der Waals surface area contributed by atoms with Crippen LogP contribution in [0.3, 0.4) is 0 Å². The first kappa shape index (κ1) is 14.7. The number of amides is 1. The molecule has 2 aromatic rings. The molecule has 0 aliphatic carbocycles. The molecule has 4 heteroatoms. The molecular formula is C18H19FN2O. The minimum Gasteiger partial charge on any atom is -0.323 e. The molecule has 0 radical (unpaired) electrons. The molecule has 0 fully saturated rings. The molecule has 0 saturated carbocycles. The second-order valence-corrected chi connectivity index (χ2v) is 5.81. The third kappa shape index (κ3) is 2.40. The summed E-state index contributed by atoms with van der Waals surface area (Å²) < 4.78 is 14.3. The summed E-state index contributed by atoms with van der Waals surface area (Å²) >= 11 is 0. The van der Waals surface area contributed by atoms with Gasteiger partial charge in [-0.3, -0.25) is 4.79 Å². The lowest BCUT2D eigenvalue weighted by Gasteiger charge is -2.15. The number of rotatable bonds is 3. The Morgan fingerprint density at radius 1 is 1.23 bits per heavy atom. The number of hydrogen-bond acceptors (Lipinski definition) is 2. The second kappa shape index (κ2) is 5.54. The molecule has 2 aromatic carbocycles. The van der Waals surface area contributed by atoms with Crippen molar-refractivity contribution in [2.75, 3.05) is 5.32 Å². The zero-order valence-corrected chi connectivity index (χ0v) is 12.7. The van der Waals surface area contributed by atoms with Gasteiger partial charge in [0.1, 0.15) is 5.82 Å². The third-order valence-corrected chi connectivity index (χ3v) is 4.29. The van der Waals surface area contributed by atoms with Crippen molar-refractivity contribution in [3.63, 3.8) is 0 Å². The lowest BCUT2D eigenvalue weighted by atomic mass is 9.92. The van der Waals surface area contributed by atoms with Crippen LogP contribution in [0.5, 0.6) is 0 Å². The fraction of sp³-hybridized carbons (Fsp3) is 0.278. The highest BCUT2D eigenvalue weighted by molar-refractivity contribution is 6.03. The second-order valence-electron chi connectivity index (χ2n) is 5.81. The first-order valence-corrected chi connectivity index (χ1v) is 7.47. The Hall–Kier alpha value is -2.20. The highest BCUT2D eigenvalue weighted by atomic mass is 19.1. The standard InChI is InChI=1S/C18H19FN2O/c1-3-13-14-8-12(9-15(19)17(14)21-18(13)22)16(20)11-6-4-10(2)5-7-11/h4-9,13,16H,3,20H2,1-2H3,(H,21,22). The van der Waals surface area contributed by atoms with E-state index >= 15 is 0 Å². The molecular weight excluding hydrogens is 279 g/mol. The Kier molecular flexibility index (Phi) is 3.71. The van der Waals surface area contributed by atoms with E-state index in [2.05, 4.69) is 5.32 Å². The Bertz CT molecular complexity index is 725. The lowest BCUT2D eigenvalue weighted by molar-refractivity contribution is -0.117. The minimum absolute atomic E-state index is 0.141. The van der Waals surface area contributed by atoms with Crippen LogP contribution in [0.15, 0.2) is 36.4 Å². The van der Waals surface area contributed by atoms with Gasteiger partial charge in [-0.2, -0.15) is 0 Å². The van der Waals surface area contributed by atoms with Gasteiger partial charge >= 0.3 is 0 Å². The molecule has 1 heterocycles. The number of carbonyl (C=O) groups is 1. The fourth-order valence-electron chi connectivity index (χ4n) is 2.96. The fourth-order valence-corrected chi connectivity index (χ4v) is 2.96. The molecule has 3 N–H and O–H groups in total. The van der Waals surface area contributed by atoms with Crippen molar-refractivity contribution in [2.45, 2.75) is 32.2 Å². The monoisotopic (exact) mass is 298 g/mol. The van der Waals surface area contributed by atoms with Crippen LogP contribution in [-0.4, -0.2) is 5.91 Å². The molecule has 0 aromatic heterocycles. The maximum Gasteiger partial charge on any atom is 0.232 e. The number of nitrogens with one attached hydrogen (secondary N) is 1. The molecule has 3 nitrogen and oxygen atoms in total. The van der Waals surface area contributed by atoms with Crippen molar-refractivity contribution in [3.05, 3.63) is 64.5 Å². The molecule has 2 unspecified atom stereocenters. The van der Waals surface area contributed by atoms with Crippen molar-refractivity contribution in [3.8, 4) is 0 Å². The Morgan fingerprint density at radius 2 is 1.91 bits per heavy atom. The molecule has 1 aliphatic heterocycles. The van der Waals surface area contributed by atoms with E-state index in [1.54, 1.807) is 0 Å².